The third-order valence-electron chi connectivity index (χ3n) is 3.92. The Morgan fingerprint density at radius 1 is 1.30 bits per heavy atom. The van der Waals surface area contributed by atoms with E-state index < -0.39 is 0 Å². The zero-order valence-corrected chi connectivity index (χ0v) is 12.7. The highest BCUT2D eigenvalue weighted by Gasteiger charge is 2.24. The van der Waals surface area contributed by atoms with Gasteiger partial charge in [-0.3, -0.25) is 4.79 Å². The van der Waals surface area contributed by atoms with E-state index in [0.29, 0.717) is 5.76 Å². The lowest BCUT2D eigenvalue weighted by Crippen LogP contribution is -2.37. The van der Waals surface area contributed by atoms with Crippen molar-refractivity contribution in [1.29, 1.82) is 0 Å². The van der Waals surface area contributed by atoms with Crippen molar-refractivity contribution in [3.63, 3.8) is 0 Å². The molecule has 0 aliphatic carbocycles. The number of hydrogen-bond acceptors (Lipinski definition) is 3. The number of aliphatic hydroxyl groups is 1. The maximum atomic E-state index is 12.5. The molecule has 1 heterocycles. The van der Waals surface area contributed by atoms with Gasteiger partial charge in [-0.1, -0.05) is 12.1 Å². The summed E-state index contributed by atoms with van der Waals surface area (Å²) >= 11 is 0. The first-order chi connectivity index (χ1) is 9.38. The SMILES string of the molecule is Cc1ccc(C)c2c(C)c(C(=O)N(C)C(C)CO)oc12. The molecule has 0 bridgehead atoms. The number of furan rings is 1. The number of aliphatic hydroxyl groups excluding tert-OH is 1. The summed E-state index contributed by atoms with van der Waals surface area (Å²) in [5, 5.41) is 10.2. The van der Waals surface area contributed by atoms with E-state index in [1.54, 1.807) is 14.0 Å². The summed E-state index contributed by atoms with van der Waals surface area (Å²) < 4.78 is 5.82. The standard InChI is InChI=1S/C16H21NO3/c1-9-6-7-10(2)14-13(9)12(4)15(20-14)16(19)17(5)11(3)8-18/h6-7,11,18H,8H2,1-5H3. The molecule has 1 unspecified atom stereocenters. The van der Waals surface area contributed by atoms with E-state index in [4.69, 9.17) is 4.42 Å². The topological polar surface area (TPSA) is 53.7 Å². The van der Waals surface area contributed by atoms with Crippen molar-refractivity contribution in [2.75, 3.05) is 13.7 Å². The number of likely N-dealkylation sites (N-methyl/N-ethyl adjacent to an activating group) is 1. The molecule has 2 rings (SSSR count). The Balaban J connectivity index is 2.56. The summed E-state index contributed by atoms with van der Waals surface area (Å²) in [7, 11) is 1.68. The number of amides is 1. The third-order valence-corrected chi connectivity index (χ3v) is 3.92. The molecule has 0 aliphatic rings. The monoisotopic (exact) mass is 275 g/mol. The Bertz CT molecular complexity index is 657. The average molecular weight is 275 g/mol. The van der Waals surface area contributed by atoms with Crippen LogP contribution in [0.3, 0.4) is 0 Å². The summed E-state index contributed by atoms with van der Waals surface area (Å²) in [6.07, 6.45) is 0. The number of fused-ring (bicyclic) bond motifs is 1. The average Bonchev–Trinajstić information content (AvgIpc) is 2.79. The molecule has 4 nitrogen and oxygen atoms in total. The highest BCUT2D eigenvalue weighted by atomic mass is 16.3. The Hall–Kier alpha value is -1.81. The van der Waals surface area contributed by atoms with Crippen LogP contribution in [0.25, 0.3) is 11.0 Å². The molecular formula is C16H21NO3. The second-order valence-electron chi connectivity index (χ2n) is 5.41. The Kier molecular flexibility index (Phi) is 3.86. The van der Waals surface area contributed by atoms with Crippen LogP contribution in [0.1, 0.15) is 34.2 Å². The van der Waals surface area contributed by atoms with Crippen molar-refractivity contribution in [3.05, 3.63) is 34.6 Å². The second kappa shape index (κ2) is 5.29. The van der Waals surface area contributed by atoms with Crippen LogP contribution in [-0.2, 0) is 0 Å². The lowest BCUT2D eigenvalue weighted by molar-refractivity contribution is 0.0652. The summed E-state index contributed by atoms with van der Waals surface area (Å²) in [4.78, 5) is 14.0. The minimum absolute atomic E-state index is 0.0699. The van der Waals surface area contributed by atoms with E-state index in [-0.39, 0.29) is 18.6 Å². The molecule has 0 aliphatic heterocycles. The molecule has 1 aromatic carbocycles. The van der Waals surface area contributed by atoms with Gasteiger partial charge in [0.25, 0.3) is 5.91 Å². The van der Waals surface area contributed by atoms with Gasteiger partial charge in [-0.2, -0.15) is 0 Å². The van der Waals surface area contributed by atoms with Crippen molar-refractivity contribution in [2.45, 2.75) is 33.7 Å². The molecule has 2 aromatic rings. The third kappa shape index (κ3) is 2.20. The van der Waals surface area contributed by atoms with Crippen LogP contribution < -0.4 is 0 Å². The fourth-order valence-electron chi connectivity index (χ4n) is 2.36. The number of hydrogen-bond donors (Lipinski definition) is 1. The smallest absolute Gasteiger partial charge is 0.289 e. The van der Waals surface area contributed by atoms with Gasteiger partial charge >= 0.3 is 0 Å². The number of nitrogens with zero attached hydrogens (tertiary/aromatic N) is 1. The Labute approximate surface area is 119 Å². The van der Waals surface area contributed by atoms with Crippen molar-refractivity contribution in [2.24, 2.45) is 0 Å². The predicted molar refractivity (Wildman–Crippen MR) is 79.1 cm³/mol. The van der Waals surface area contributed by atoms with E-state index in [0.717, 1.165) is 27.7 Å². The van der Waals surface area contributed by atoms with Crippen LogP contribution in [-0.4, -0.2) is 35.6 Å². The first-order valence-electron chi connectivity index (χ1n) is 6.75. The fourth-order valence-corrected chi connectivity index (χ4v) is 2.36. The van der Waals surface area contributed by atoms with Gasteiger partial charge in [0.05, 0.1) is 12.6 Å². The van der Waals surface area contributed by atoms with E-state index in [9.17, 15) is 9.90 Å². The molecule has 0 saturated carbocycles. The molecule has 108 valence electrons. The highest BCUT2D eigenvalue weighted by molar-refractivity contribution is 6.00. The summed E-state index contributed by atoms with van der Waals surface area (Å²) in [6, 6.07) is 3.79. The quantitative estimate of drug-likeness (QED) is 0.937. The minimum Gasteiger partial charge on any atom is -0.450 e. The molecular weight excluding hydrogens is 254 g/mol. The van der Waals surface area contributed by atoms with Crippen LogP contribution in [0.15, 0.2) is 16.5 Å². The van der Waals surface area contributed by atoms with Gasteiger partial charge < -0.3 is 14.4 Å². The highest BCUT2D eigenvalue weighted by Crippen LogP contribution is 2.31. The van der Waals surface area contributed by atoms with Gasteiger partial charge in [-0.15, -0.1) is 0 Å². The van der Waals surface area contributed by atoms with Gasteiger partial charge in [0.1, 0.15) is 5.58 Å². The normalized spacial score (nSPS) is 12.7. The second-order valence-corrected chi connectivity index (χ2v) is 5.41. The van der Waals surface area contributed by atoms with Crippen molar-refractivity contribution in [1.82, 2.24) is 4.90 Å². The lowest BCUT2D eigenvalue weighted by Gasteiger charge is -2.22. The fraction of sp³-hybridized carbons (Fsp3) is 0.438. The summed E-state index contributed by atoms with van der Waals surface area (Å²) in [5.74, 6) is 0.166. The van der Waals surface area contributed by atoms with Gasteiger partial charge in [-0.25, -0.2) is 0 Å². The lowest BCUT2D eigenvalue weighted by atomic mass is 10.0. The maximum Gasteiger partial charge on any atom is 0.289 e. The molecule has 0 radical (unpaired) electrons. The first kappa shape index (κ1) is 14.6. The predicted octanol–water partition coefficient (Wildman–Crippen LogP) is 2.81. The van der Waals surface area contributed by atoms with Crippen molar-refractivity contribution in [3.8, 4) is 0 Å². The van der Waals surface area contributed by atoms with Gasteiger partial charge in [-0.05, 0) is 38.8 Å². The number of rotatable bonds is 3. The van der Waals surface area contributed by atoms with Crippen molar-refractivity contribution >= 4 is 16.9 Å². The Morgan fingerprint density at radius 3 is 2.45 bits per heavy atom. The zero-order valence-electron chi connectivity index (χ0n) is 12.7. The number of benzene rings is 1. The minimum atomic E-state index is -0.239. The van der Waals surface area contributed by atoms with Crippen LogP contribution >= 0.6 is 0 Å². The molecule has 0 saturated heterocycles. The molecule has 0 spiro atoms. The molecule has 0 fully saturated rings. The van der Waals surface area contributed by atoms with Crippen LogP contribution in [0.4, 0.5) is 0 Å². The summed E-state index contributed by atoms with van der Waals surface area (Å²) in [5.41, 5.74) is 3.76. The van der Waals surface area contributed by atoms with Crippen LogP contribution in [0, 0.1) is 20.8 Å². The molecule has 4 heteroatoms. The molecule has 1 atom stereocenters. The molecule has 20 heavy (non-hydrogen) atoms. The van der Waals surface area contributed by atoms with E-state index in [2.05, 4.69) is 0 Å². The van der Waals surface area contributed by atoms with E-state index in [1.807, 2.05) is 32.9 Å². The van der Waals surface area contributed by atoms with E-state index >= 15 is 0 Å². The van der Waals surface area contributed by atoms with Gasteiger partial charge in [0.15, 0.2) is 5.76 Å². The van der Waals surface area contributed by atoms with Crippen LogP contribution in [0.5, 0.6) is 0 Å². The molecule has 1 amide bonds. The first-order valence-corrected chi connectivity index (χ1v) is 6.75. The molecule has 1 N–H and O–H groups in total. The number of carbonyl (C=O) groups excluding carboxylic acids is 1. The molecule has 1 aromatic heterocycles. The van der Waals surface area contributed by atoms with Crippen molar-refractivity contribution < 1.29 is 14.3 Å². The maximum absolute atomic E-state index is 12.5. The van der Waals surface area contributed by atoms with Crippen LogP contribution in [0.2, 0.25) is 0 Å². The summed E-state index contributed by atoms with van der Waals surface area (Å²) in [6.45, 7) is 7.62. The zero-order chi connectivity index (χ0) is 15.0. The largest absolute Gasteiger partial charge is 0.450 e. The van der Waals surface area contributed by atoms with Gasteiger partial charge in [0, 0.05) is 18.0 Å². The van der Waals surface area contributed by atoms with E-state index in [1.165, 1.54) is 4.90 Å². The Morgan fingerprint density at radius 2 is 1.90 bits per heavy atom. The number of aryl methyl sites for hydroxylation is 3. The van der Waals surface area contributed by atoms with Gasteiger partial charge in [0.2, 0.25) is 0 Å². The number of carbonyl (C=O) groups is 1.